The van der Waals surface area contributed by atoms with Crippen molar-refractivity contribution >= 4 is 11.8 Å². The van der Waals surface area contributed by atoms with E-state index in [9.17, 15) is 9.59 Å². The quantitative estimate of drug-likeness (QED) is 0.705. The molecule has 1 atom stereocenters. The van der Waals surface area contributed by atoms with E-state index in [0.29, 0.717) is 32.7 Å². The van der Waals surface area contributed by atoms with Gasteiger partial charge in [-0.2, -0.15) is 0 Å². The molecule has 2 heterocycles. The van der Waals surface area contributed by atoms with E-state index in [1.165, 1.54) is 0 Å². The van der Waals surface area contributed by atoms with Crippen LogP contribution >= 0.6 is 0 Å². The van der Waals surface area contributed by atoms with Crippen molar-refractivity contribution in [3.8, 4) is 0 Å². The normalized spacial score (nSPS) is 27.0. The van der Waals surface area contributed by atoms with Crippen LogP contribution in [0.3, 0.4) is 0 Å². The molecule has 0 aromatic heterocycles. The lowest BCUT2D eigenvalue weighted by atomic mass is 9.99. The highest BCUT2D eigenvalue weighted by Crippen LogP contribution is 2.22. The van der Waals surface area contributed by atoms with Gasteiger partial charge in [-0.1, -0.05) is 0 Å². The van der Waals surface area contributed by atoms with E-state index in [1.54, 1.807) is 4.90 Å². The van der Waals surface area contributed by atoms with Crippen LogP contribution in [0.5, 0.6) is 0 Å². The molecule has 16 heavy (non-hydrogen) atoms. The van der Waals surface area contributed by atoms with Gasteiger partial charge in [-0.3, -0.25) is 9.59 Å². The highest BCUT2D eigenvalue weighted by molar-refractivity contribution is 5.82. The van der Waals surface area contributed by atoms with E-state index in [0.717, 1.165) is 12.8 Å². The Morgan fingerprint density at radius 2 is 1.81 bits per heavy atom. The Morgan fingerprint density at radius 1 is 1.12 bits per heavy atom. The average Bonchev–Trinajstić information content (AvgIpc) is 2.78. The number of nitrogens with zero attached hydrogens (tertiary/aromatic N) is 1. The van der Waals surface area contributed by atoms with Gasteiger partial charge >= 0.3 is 0 Å². The third-order valence-electron chi connectivity index (χ3n) is 3.47. The van der Waals surface area contributed by atoms with Gasteiger partial charge in [0, 0.05) is 32.2 Å². The molecule has 2 aliphatic rings. The van der Waals surface area contributed by atoms with Crippen molar-refractivity contribution < 1.29 is 14.3 Å². The molecule has 0 unspecified atom stereocenters. The van der Waals surface area contributed by atoms with Crippen LogP contribution in [0.25, 0.3) is 0 Å². The fourth-order valence-electron chi connectivity index (χ4n) is 2.40. The van der Waals surface area contributed by atoms with Crippen LogP contribution in [-0.2, 0) is 14.3 Å². The first-order valence-corrected chi connectivity index (χ1v) is 5.84. The number of rotatable bonds is 2. The molecule has 0 radical (unpaired) electrons. The molecule has 2 fully saturated rings. The standard InChI is InChI=1S/C11H18N2O3/c12-10(14)9-1-4-13(7-9)11(15)8-2-5-16-6-3-8/h8-9H,1-7H2,(H2,12,14)/t9-/m1/s1. The molecule has 2 rings (SSSR count). The van der Waals surface area contributed by atoms with Gasteiger partial charge in [0.1, 0.15) is 0 Å². The Labute approximate surface area is 94.9 Å². The van der Waals surface area contributed by atoms with Crippen molar-refractivity contribution in [2.75, 3.05) is 26.3 Å². The first kappa shape index (κ1) is 11.4. The van der Waals surface area contributed by atoms with Crippen LogP contribution in [0, 0.1) is 11.8 Å². The first-order chi connectivity index (χ1) is 7.68. The lowest BCUT2D eigenvalue weighted by Gasteiger charge is -2.26. The SMILES string of the molecule is NC(=O)[C@@H]1CCN(C(=O)C2CCOCC2)C1. The minimum absolute atomic E-state index is 0.0837. The number of primary amides is 1. The summed E-state index contributed by atoms with van der Waals surface area (Å²) in [5.41, 5.74) is 5.24. The van der Waals surface area contributed by atoms with Gasteiger partial charge in [-0.15, -0.1) is 0 Å². The predicted molar refractivity (Wildman–Crippen MR) is 57.4 cm³/mol. The number of hydrogen-bond donors (Lipinski definition) is 1. The van der Waals surface area contributed by atoms with Gasteiger partial charge in [0.2, 0.25) is 11.8 Å². The number of carbonyl (C=O) groups excluding carboxylic acids is 2. The molecule has 0 aromatic rings. The number of hydrogen-bond acceptors (Lipinski definition) is 3. The largest absolute Gasteiger partial charge is 0.381 e. The lowest BCUT2D eigenvalue weighted by molar-refractivity contribution is -0.137. The topological polar surface area (TPSA) is 72.6 Å². The molecule has 2 aliphatic heterocycles. The minimum Gasteiger partial charge on any atom is -0.381 e. The zero-order valence-electron chi connectivity index (χ0n) is 9.35. The van der Waals surface area contributed by atoms with E-state index >= 15 is 0 Å². The summed E-state index contributed by atoms with van der Waals surface area (Å²) in [6, 6.07) is 0. The third kappa shape index (κ3) is 2.35. The third-order valence-corrected chi connectivity index (χ3v) is 3.47. The molecule has 90 valence electrons. The predicted octanol–water partition coefficient (Wildman–Crippen LogP) is -0.253. The summed E-state index contributed by atoms with van der Waals surface area (Å²) in [6.45, 7) is 2.52. The second kappa shape index (κ2) is 4.82. The summed E-state index contributed by atoms with van der Waals surface area (Å²) in [4.78, 5) is 24.9. The number of nitrogens with two attached hydrogens (primary N) is 1. The molecule has 2 saturated heterocycles. The maximum atomic E-state index is 12.1. The van der Waals surface area contributed by atoms with Crippen molar-refractivity contribution in [3.63, 3.8) is 0 Å². The van der Waals surface area contributed by atoms with Crippen LogP contribution < -0.4 is 5.73 Å². The van der Waals surface area contributed by atoms with Crippen molar-refractivity contribution in [2.45, 2.75) is 19.3 Å². The summed E-state index contributed by atoms with van der Waals surface area (Å²) >= 11 is 0. The zero-order chi connectivity index (χ0) is 11.5. The van der Waals surface area contributed by atoms with Gasteiger partial charge < -0.3 is 15.4 Å². The highest BCUT2D eigenvalue weighted by atomic mass is 16.5. The Balaban J connectivity index is 1.88. The lowest BCUT2D eigenvalue weighted by Crippen LogP contribution is -2.38. The van der Waals surface area contributed by atoms with Crippen LogP contribution in [0.1, 0.15) is 19.3 Å². The van der Waals surface area contributed by atoms with Crippen molar-refractivity contribution in [1.82, 2.24) is 4.90 Å². The van der Waals surface area contributed by atoms with E-state index in [2.05, 4.69) is 0 Å². The van der Waals surface area contributed by atoms with E-state index in [1.807, 2.05) is 0 Å². The van der Waals surface area contributed by atoms with Gasteiger partial charge in [0.25, 0.3) is 0 Å². The Hall–Kier alpha value is -1.10. The molecular weight excluding hydrogens is 208 g/mol. The molecule has 0 aromatic carbocycles. The molecule has 0 spiro atoms. The summed E-state index contributed by atoms with van der Waals surface area (Å²) in [7, 11) is 0. The van der Waals surface area contributed by atoms with Crippen molar-refractivity contribution in [2.24, 2.45) is 17.6 Å². The van der Waals surface area contributed by atoms with E-state index < -0.39 is 0 Å². The summed E-state index contributed by atoms with van der Waals surface area (Å²) in [6.07, 6.45) is 2.32. The second-order valence-electron chi connectivity index (χ2n) is 4.56. The molecular formula is C11H18N2O3. The first-order valence-electron chi connectivity index (χ1n) is 5.84. The smallest absolute Gasteiger partial charge is 0.225 e. The highest BCUT2D eigenvalue weighted by Gasteiger charge is 2.33. The van der Waals surface area contributed by atoms with Crippen LogP contribution in [0.2, 0.25) is 0 Å². The molecule has 5 nitrogen and oxygen atoms in total. The minimum atomic E-state index is -0.290. The molecule has 2 amide bonds. The number of carbonyl (C=O) groups is 2. The van der Waals surface area contributed by atoms with Gasteiger partial charge in [-0.25, -0.2) is 0 Å². The fraction of sp³-hybridized carbons (Fsp3) is 0.818. The number of amides is 2. The fourth-order valence-corrected chi connectivity index (χ4v) is 2.40. The molecule has 0 saturated carbocycles. The summed E-state index contributed by atoms with van der Waals surface area (Å²) < 4.78 is 5.23. The average molecular weight is 226 g/mol. The van der Waals surface area contributed by atoms with Gasteiger partial charge in [-0.05, 0) is 19.3 Å². The maximum absolute atomic E-state index is 12.1. The van der Waals surface area contributed by atoms with Crippen LogP contribution in [0.4, 0.5) is 0 Å². The molecule has 2 N–H and O–H groups in total. The van der Waals surface area contributed by atoms with Crippen molar-refractivity contribution in [3.05, 3.63) is 0 Å². The summed E-state index contributed by atoms with van der Waals surface area (Å²) in [5.74, 6) is -0.182. The zero-order valence-corrected chi connectivity index (χ0v) is 9.35. The van der Waals surface area contributed by atoms with E-state index in [-0.39, 0.29) is 23.7 Å². The molecule has 0 aliphatic carbocycles. The number of ether oxygens (including phenoxy) is 1. The van der Waals surface area contributed by atoms with Gasteiger partial charge in [0.15, 0.2) is 0 Å². The van der Waals surface area contributed by atoms with Gasteiger partial charge in [0.05, 0.1) is 5.92 Å². The van der Waals surface area contributed by atoms with E-state index in [4.69, 9.17) is 10.5 Å². The van der Waals surface area contributed by atoms with Crippen LogP contribution in [0.15, 0.2) is 0 Å². The van der Waals surface area contributed by atoms with Crippen molar-refractivity contribution in [1.29, 1.82) is 0 Å². The Bertz CT molecular complexity index is 287. The number of likely N-dealkylation sites (tertiary alicyclic amines) is 1. The maximum Gasteiger partial charge on any atom is 0.225 e. The summed E-state index contributed by atoms with van der Waals surface area (Å²) in [5, 5.41) is 0. The Kier molecular flexibility index (Phi) is 3.43. The Morgan fingerprint density at radius 3 is 2.38 bits per heavy atom. The monoisotopic (exact) mass is 226 g/mol. The second-order valence-corrected chi connectivity index (χ2v) is 4.56. The van der Waals surface area contributed by atoms with Crippen LogP contribution in [-0.4, -0.2) is 43.0 Å². The molecule has 0 bridgehead atoms. The molecule has 5 heteroatoms.